The molecule has 186 valence electrons. The summed E-state index contributed by atoms with van der Waals surface area (Å²) < 4.78 is 11.1. The molecular formula is C27H32N2O6. The van der Waals surface area contributed by atoms with Gasteiger partial charge in [-0.3, -0.25) is 4.79 Å². The van der Waals surface area contributed by atoms with Crippen molar-refractivity contribution < 1.29 is 29.0 Å². The summed E-state index contributed by atoms with van der Waals surface area (Å²) in [6.07, 6.45) is -0.226. The Bertz CT molecular complexity index is 1080. The standard InChI is InChI=1S/C27H32N2O6/c1-4-29(26(2,3)24(31)32)23(30)27(13-15-34-16-14-27)28-25(33)35-17-22-20-11-7-5-9-18(20)19-10-6-8-12-21(19)22/h5-12,22H,4,13-17H2,1-3H3,(H,28,33)(H,31,32). The molecule has 1 aliphatic carbocycles. The van der Waals surface area contributed by atoms with Crippen LogP contribution >= 0.6 is 0 Å². The van der Waals surface area contributed by atoms with Gasteiger partial charge < -0.3 is 24.8 Å². The Morgan fingerprint density at radius 1 is 1.06 bits per heavy atom. The lowest BCUT2D eigenvalue weighted by molar-refractivity contribution is -0.161. The van der Waals surface area contributed by atoms with Gasteiger partial charge in [-0.2, -0.15) is 0 Å². The summed E-state index contributed by atoms with van der Waals surface area (Å²) in [6, 6.07) is 16.1. The molecule has 8 nitrogen and oxygen atoms in total. The summed E-state index contributed by atoms with van der Waals surface area (Å²) in [4.78, 5) is 39.8. The molecule has 0 atom stereocenters. The van der Waals surface area contributed by atoms with Gasteiger partial charge in [-0.1, -0.05) is 48.5 Å². The zero-order valence-electron chi connectivity index (χ0n) is 20.4. The first-order chi connectivity index (χ1) is 16.7. The Kier molecular flexibility index (Phi) is 6.85. The number of nitrogens with zero attached hydrogens (tertiary/aromatic N) is 1. The number of hydrogen-bond acceptors (Lipinski definition) is 5. The first kappa shape index (κ1) is 24.7. The van der Waals surface area contributed by atoms with Gasteiger partial charge >= 0.3 is 12.1 Å². The Balaban J connectivity index is 1.52. The number of fused-ring (bicyclic) bond motifs is 3. The lowest BCUT2D eigenvalue weighted by atomic mass is 9.86. The molecule has 1 saturated heterocycles. The van der Waals surface area contributed by atoms with Crippen molar-refractivity contribution in [1.29, 1.82) is 0 Å². The minimum absolute atomic E-state index is 0.104. The number of alkyl carbamates (subject to hydrolysis) is 1. The second kappa shape index (κ2) is 9.70. The highest BCUT2D eigenvalue weighted by Gasteiger charge is 2.49. The van der Waals surface area contributed by atoms with Gasteiger partial charge in [0.25, 0.3) is 0 Å². The molecular weight excluding hydrogens is 448 g/mol. The third kappa shape index (κ3) is 4.50. The number of carboxylic acids is 1. The van der Waals surface area contributed by atoms with Gasteiger partial charge in [0.2, 0.25) is 5.91 Å². The summed E-state index contributed by atoms with van der Waals surface area (Å²) >= 11 is 0. The first-order valence-electron chi connectivity index (χ1n) is 12.0. The number of carboxylic acid groups (broad SMARTS) is 1. The van der Waals surface area contributed by atoms with Gasteiger partial charge in [-0.05, 0) is 43.0 Å². The third-order valence-corrected chi connectivity index (χ3v) is 7.20. The van der Waals surface area contributed by atoms with E-state index in [0.717, 1.165) is 22.3 Å². The zero-order valence-corrected chi connectivity index (χ0v) is 20.4. The SMILES string of the molecule is CCN(C(=O)C1(NC(=O)OCC2c3ccccc3-c3ccccc32)CCOCC1)C(C)(C)C(=O)O. The molecule has 0 saturated carbocycles. The van der Waals surface area contributed by atoms with E-state index in [1.54, 1.807) is 6.92 Å². The van der Waals surface area contributed by atoms with Crippen LogP contribution in [0, 0.1) is 0 Å². The van der Waals surface area contributed by atoms with Crippen molar-refractivity contribution in [1.82, 2.24) is 10.2 Å². The van der Waals surface area contributed by atoms with Crippen LogP contribution in [0.25, 0.3) is 11.1 Å². The lowest BCUT2D eigenvalue weighted by Crippen LogP contribution is -2.66. The van der Waals surface area contributed by atoms with Crippen LogP contribution < -0.4 is 5.32 Å². The molecule has 8 heteroatoms. The fraction of sp³-hybridized carbons (Fsp3) is 0.444. The van der Waals surface area contributed by atoms with Crippen LogP contribution in [0.2, 0.25) is 0 Å². The number of amides is 2. The maximum Gasteiger partial charge on any atom is 0.408 e. The number of carbonyl (C=O) groups excluding carboxylic acids is 2. The Hall–Kier alpha value is -3.39. The van der Waals surface area contributed by atoms with Crippen LogP contribution in [-0.2, 0) is 19.1 Å². The summed E-state index contributed by atoms with van der Waals surface area (Å²) in [7, 11) is 0. The van der Waals surface area contributed by atoms with E-state index >= 15 is 0 Å². The highest BCUT2D eigenvalue weighted by Crippen LogP contribution is 2.44. The van der Waals surface area contributed by atoms with Gasteiger partial charge in [0.15, 0.2) is 0 Å². The van der Waals surface area contributed by atoms with Gasteiger partial charge in [0.05, 0.1) is 0 Å². The molecule has 0 bridgehead atoms. The zero-order chi connectivity index (χ0) is 25.2. The number of hydrogen-bond donors (Lipinski definition) is 2. The number of ether oxygens (including phenoxy) is 2. The predicted molar refractivity (Wildman–Crippen MR) is 130 cm³/mol. The third-order valence-electron chi connectivity index (χ3n) is 7.20. The molecule has 1 fully saturated rings. The molecule has 1 aliphatic heterocycles. The number of aliphatic carboxylic acids is 1. The van der Waals surface area contributed by atoms with Gasteiger partial charge in [0, 0.05) is 38.5 Å². The number of rotatable bonds is 7. The van der Waals surface area contributed by atoms with Crippen molar-refractivity contribution in [2.75, 3.05) is 26.4 Å². The molecule has 2 aromatic carbocycles. The predicted octanol–water partition coefficient (Wildman–Crippen LogP) is 3.79. The fourth-order valence-electron chi connectivity index (χ4n) is 5.11. The topological polar surface area (TPSA) is 105 Å². The summed E-state index contributed by atoms with van der Waals surface area (Å²) in [5, 5.41) is 12.5. The molecule has 2 N–H and O–H groups in total. The molecule has 4 rings (SSSR count). The normalized spacial score (nSPS) is 16.7. The summed E-state index contributed by atoms with van der Waals surface area (Å²) in [5.74, 6) is -1.66. The molecule has 2 aromatic rings. The minimum atomic E-state index is -1.43. The molecule has 35 heavy (non-hydrogen) atoms. The van der Waals surface area contributed by atoms with Crippen molar-refractivity contribution in [2.24, 2.45) is 0 Å². The summed E-state index contributed by atoms with van der Waals surface area (Å²) in [5.41, 5.74) is 1.73. The summed E-state index contributed by atoms with van der Waals surface area (Å²) in [6.45, 7) is 5.56. The molecule has 0 unspecified atom stereocenters. The van der Waals surface area contributed by atoms with Gasteiger partial charge in [-0.15, -0.1) is 0 Å². The van der Waals surface area contributed by atoms with Gasteiger partial charge in [0.1, 0.15) is 17.7 Å². The average Bonchev–Trinajstić information content (AvgIpc) is 3.17. The van der Waals surface area contributed by atoms with E-state index in [1.165, 1.54) is 18.7 Å². The Labute approximate surface area is 205 Å². The van der Waals surface area contributed by atoms with Crippen LogP contribution in [0.5, 0.6) is 0 Å². The van der Waals surface area contributed by atoms with Crippen LogP contribution in [0.3, 0.4) is 0 Å². The lowest BCUT2D eigenvalue weighted by Gasteiger charge is -2.43. The Morgan fingerprint density at radius 2 is 1.60 bits per heavy atom. The maximum atomic E-state index is 13.7. The second-order valence-electron chi connectivity index (χ2n) is 9.56. The van der Waals surface area contributed by atoms with Crippen LogP contribution in [0.15, 0.2) is 48.5 Å². The highest BCUT2D eigenvalue weighted by atomic mass is 16.5. The molecule has 0 radical (unpaired) electrons. The smallest absolute Gasteiger partial charge is 0.408 e. The molecule has 1 heterocycles. The van der Waals surface area contributed by atoms with E-state index < -0.39 is 29.0 Å². The number of benzene rings is 2. The van der Waals surface area contributed by atoms with E-state index in [-0.39, 0.29) is 45.1 Å². The van der Waals surface area contributed by atoms with E-state index in [1.807, 2.05) is 36.4 Å². The van der Waals surface area contributed by atoms with Crippen molar-refractivity contribution in [2.45, 2.75) is 50.6 Å². The van der Waals surface area contributed by atoms with Crippen LogP contribution in [0.1, 0.15) is 50.7 Å². The van der Waals surface area contributed by atoms with Gasteiger partial charge in [-0.25, -0.2) is 9.59 Å². The number of carbonyl (C=O) groups is 3. The molecule has 0 spiro atoms. The number of likely N-dealkylation sites (N-methyl/N-ethyl adjacent to an activating group) is 1. The largest absolute Gasteiger partial charge is 0.480 e. The second-order valence-corrected chi connectivity index (χ2v) is 9.56. The molecule has 2 aliphatic rings. The van der Waals surface area contributed by atoms with Crippen LogP contribution in [0.4, 0.5) is 4.79 Å². The minimum Gasteiger partial charge on any atom is -0.480 e. The monoisotopic (exact) mass is 480 g/mol. The highest BCUT2D eigenvalue weighted by molar-refractivity contribution is 5.94. The molecule has 0 aromatic heterocycles. The fourth-order valence-corrected chi connectivity index (χ4v) is 5.11. The Morgan fingerprint density at radius 3 is 2.11 bits per heavy atom. The van der Waals surface area contributed by atoms with E-state index in [0.29, 0.717) is 0 Å². The average molecular weight is 481 g/mol. The van der Waals surface area contributed by atoms with Crippen molar-refractivity contribution in [3.05, 3.63) is 59.7 Å². The quantitative estimate of drug-likeness (QED) is 0.625. The van der Waals surface area contributed by atoms with Crippen molar-refractivity contribution in [3.63, 3.8) is 0 Å². The van der Waals surface area contributed by atoms with E-state index in [2.05, 4.69) is 17.4 Å². The maximum absolute atomic E-state index is 13.7. The van der Waals surface area contributed by atoms with E-state index in [4.69, 9.17) is 9.47 Å². The van der Waals surface area contributed by atoms with Crippen LogP contribution in [-0.4, -0.2) is 65.4 Å². The van der Waals surface area contributed by atoms with E-state index in [9.17, 15) is 19.5 Å². The molecule has 2 amide bonds. The van der Waals surface area contributed by atoms with Crippen molar-refractivity contribution >= 4 is 18.0 Å². The first-order valence-corrected chi connectivity index (χ1v) is 12.0. The number of nitrogens with one attached hydrogen (secondary N) is 1. The van der Waals surface area contributed by atoms with Crippen molar-refractivity contribution in [3.8, 4) is 11.1 Å².